The summed E-state index contributed by atoms with van der Waals surface area (Å²) >= 11 is 12.1. The van der Waals surface area contributed by atoms with Gasteiger partial charge in [-0.2, -0.15) is 4.31 Å². The average Bonchev–Trinajstić information content (AvgIpc) is 3.16. The first-order valence-electron chi connectivity index (χ1n) is 16.9. The highest BCUT2D eigenvalue weighted by molar-refractivity contribution is 7.89. The van der Waals surface area contributed by atoms with Gasteiger partial charge in [0.2, 0.25) is 10.0 Å². The van der Waals surface area contributed by atoms with Crippen LogP contribution in [0.2, 0.25) is 10.0 Å². The molecule has 0 unspecified atom stereocenters. The zero-order valence-electron chi connectivity index (χ0n) is 29.0. The Morgan fingerprint density at radius 3 is 2.25 bits per heavy atom. The quantitative estimate of drug-likeness (QED) is 0.111. The third-order valence-electron chi connectivity index (χ3n) is 8.99. The first-order valence-corrected chi connectivity index (χ1v) is 19.1. The molecule has 5 aromatic rings. The molecule has 0 spiro atoms. The van der Waals surface area contributed by atoms with Crippen LogP contribution < -0.4 is 14.2 Å². The van der Waals surface area contributed by atoms with E-state index in [4.69, 9.17) is 42.1 Å². The number of fused-ring (bicyclic) bond motifs is 1. The van der Waals surface area contributed by atoms with Crippen molar-refractivity contribution in [2.24, 2.45) is 0 Å². The zero-order valence-corrected chi connectivity index (χ0v) is 31.3. The summed E-state index contributed by atoms with van der Waals surface area (Å²) in [6.45, 7) is 4.39. The molecule has 0 fully saturated rings. The number of rotatable bonds is 13. The molecule has 0 amide bonds. The van der Waals surface area contributed by atoms with Gasteiger partial charge < -0.3 is 18.9 Å². The summed E-state index contributed by atoms with van der Waals surface area (Å²) in [5.41, 5.74) is 4.19. The molecule has 270 valence electrons. The summed E-state index contributed by atoms with van der Waals surface area (Å²) in [6, 6.07) is 32.6. The van der Waals surface area contributed by atoms with Crippen LogP contribution in [0.25, 0.3) is 0 Å². The van der Waals surface area contributed by atoms with Crippen molar-refractivity contribution in [2.75, 3.05) is 13.7 Å². The van der Waals surface area contributed by atoms with Crippen molar-refractivity contribution >= 4 is 39.2 Å². The molecular formula is C41H39Cl2NO7S. The van der Waals surface area contributed by atoms with Gasteiger partial charge in [0, 0.05) is 0 Å². The number of halogens is 2. The summed E-state index contributed by atoms with van der Waals surface area (Å²) in [4.78, 5) is 13.7. The molecule has 6 rings (SSSR count). The van der Waals surface area contributed by atoms with E-state index in [1.807, 2.05) is 80.6 Å². The third kappa shape index (κ3) is 8.40. The number of nitrogens with zero attached hydrogens (tertiary/aromatic N) is 1. The van der Waals surface area contributed by atoms with E-state index in [9.17, 15) is 13.2 Å². The van der Waals surface area contributed by atoms with Crippen molar-refractivity contribution in [3.8, 4) is 17.2 Å². The van der Waals surface area contributed by atoms with Crippen LogP contribution in [0, 0.1) is 6.92 Å². The smallest absolute Gasteiger partial charge is 0.324 e. The minimum atomic E-state index is -4.17. The molecule has 0 aromatic heterocycles. The van der Waals surface area contributed by atoms with E-state index in [1.165, 1.54) is 11.4 Å². The lowest BCUT2D eigenvalue weighted by Gasteiger charge is -2.36. The number of esters is 1. The number of aryl methyl sites for hydroxylation is 1. The van der Waals surface area contributed by atoms with E-state index in [0.717, 1.165) is 22.3 Å². The molecular weight excluding hydrogens is 721 g/mol. The first-order chi connectivity index (χ1) is 25.1. The summed E-state index contributed by atoms with van der Waals surface area (Å²) in [5, 5.41) is 0.969. The highest BCUT2D eigenvalue weighted by Crippen LogP contribution is 2.39. The van der Waals surface area contributed by atoms with E-state index < -0.39 is 28.1 Å². The topological polar surface area (TPSA) is 91.4 Å². The van der Waals surface area contributed by atoms with Crippen LogP contribution in [-0.4, -0.2) is 38.5 Å². The lowest BCUT2D eigenvalue weighted by Crippen LogP contribution is -2.48. The van der Waals surface area contributed by atoms with Crippen molar-refractivity contribution in [1.82, 2.24) is 4.31 Å². The minimum Gasteiger partial charge on any atom is -0.489 e. The normalized spacial score (nSPS) is 15.2. The lowest BCUT2D eigenvalue weighted by molar-refractivity contribution is -0.145. The van der Waals surface area contributed by atoms with Gasteiger partial charge in [0.05, 0.1) is 28.1 Å². The molecule has 8 nitrogen and oxygen atoms in total. The largest absolute Gasteiger partial charge is 0.489 e. The van der Waals surface area contributed by atoms with Gasteiger partial charge in [-0.15, -0.1) is 0 Å². The van der Waals surface area contributed by atoms with Gasteiger partial charge in [0.15, 0.2) is 17.6 Å². The molecule has 1 heterocycles. The molecule has 0 aliphatic carbocycles. The standard InChI is InChI=1S/C41H39Cl2NO7S/c1-4-36(30-8-6-5-7-9-30)44(52(46,47)33-18-10-27(2)11-19-33)37(41(45)48-3)23-28-13-21-38-39(24-28)50-26-40(51-38)31-14-16-32(17-15-31)49-25-29-12-20-34(42)35(43)22-29/h5-22,24,36-37,40H,4,23,25-26H2,1-3H3/t36-,37-,40+/m0/s1. The van der Waals surface area contributed by atoms with E-state index in [1.54, 1.807) is 48.5 Å². The summed E-state index contributed by atoms with van der Waals surface area (Å²) < 4.78 is 53.9. The number of benzene rings is 5. The van der Waals surface area contributed by atoms with Crippen molar-refractivity contribution in [3.05, 3.63) is 153 Å². The highest BCUT2D eigenvalue weighted by atomic mass is 35.5. The second-order valence-corrected chi connectivity index (χ2v) is 15.2. The zero-order chi connectivity index (χ0) is 36.8. The predicted octanol–water partition coefficient (Wildman–Crippen LogP) is 9.32. The van der Waals surface area contributed by atoms with Crippen molar-refractivity contribution in [3.63, 3.8) is 0 Å². The second-order valence-electron chi connectivity index (χ2n) is 12.5. The SMILES string of the molecule is CC[C@@H](c1ccccc1)N([C@@H](Cc1ccc2c(c1)OC[C@H](c1ccc(OCc3ccc(Cl)c(Cl)c3)cc1)O2)C(=O)OC)S(=O)(=O)c1ccc(C)cc1. The molecule has 0 saturated heterocycles. The van der Waals surface area contributed by atoms with Crippen molar-refractivity contribution in [1.29, 1.82) is 0 Å². The van der Waals surface area contributed by atoms with Gasteiger partial charge in [0.25, 0.3) is 0 Å². The Bertz CT molecular complexity index is 2110. The number of sulfonamides is 1. The Balaban J connectivity index is 1.22. The maximum atomic E-state index is 14.5. The van der Waals surface area contributed by atoms with E-state index in [2.05, 4.69) is 0 Å². The summed E-state index contributed by atoms with van der Waals surface area (Å²) in [6.07, 6.45) is 0.108. The Morgan fingerprint density at radius 2 is 1.58 bits per heavy atom. The fourth-order valence-electron chi connectivity index (χ4n) is 6.24. The number of methoxy groups -OCH3 is 1. The van der Waals surface area contributed by atoms with E-state index >= 15 is 0 Å². The molecule has 0 N–H and O–H groups in total. The Morgan fingerprint density at radius 1 is 0.865 bits per heavy atom. The number of carbonyl (C=O) groups is 1. The molecule has 0 radical (unpaired) electrons. The maximum absolute atomic E-state index is 14.5. The van der Waals surface area contributed by atoms with Gasteiger partial charge in [-0.25, -0.2) is 8.42 Å². The molecule has 0 saturated carbocycles. The maximum Gasteiger partial charge on any atom is 0.324 e. The predicted molar refractivity (Wildman–Crippen MR) is 202 cm³/mol. The lowest BCUT2D eigenvalue weighted by atomic mass is 10.00. The second kappa shape index (κ2) is 16.4. The van der Waals surface area contributed by atoms with Gasteiger partial charge in [-0.3, -0.25) is 4.79 Å². The Labute approximate surface area is 314 Å². The number of hydrogen-bond acceptors (Lipinski definition) is 7. The van der Waals surface area contributed by atoms with Gasteiger partial charge in [-0.05, 0) is 90.6 Å². The van der Waals surface area contributed by atoms with Crippen LogP contribution in [0.5, 0.6) is 17.2 Å². The van der Waals surface area contributed by atoms with Crippen LogP contribution in [0.1, 0.15) is 53.3 Å². The molecule has 1 aliphatic rings. The van der Waals surface area contributed by atoms with Crippen LogP contribution in [0.4, 0.5) is 0 Å². The molecule has 1 aliphatic heterocycles. The van der Waals surface area contributed by atoms with Crippen LogP contribution >= 0.6 is 23.2 Å². The fourth-order valence-corrected chi connectivity index (χ4v) is 8.39. The third-order valence-corrected chi connectivity index (χ3v) is 11.7. The number of ether oxygens (including phenoxy) is 4. The molecule has 0 bridgehead atoms. The first kappa shape index (κ1) is 37.2. The number of carbonyl (C=O) groups excluding carboxylic acids is 1. The summed E-state index contributed by atoms with van der Waals surface area (Å²) in [7, 11) is -2.90. The summed E-state index contributed by atoms with van der Waals surface area (Å²) in [5.74, 6) is 1.06. The van der Waals surface area contributed by atoms with Crippen molar-refractivity contribution < 1.29 is 32.2 Å². The van der Waals surface area contributed by atoms with E-state index in [0.29, 0.717) is 45.9 Å². The van der Waals surface area contributed by atoms with Crippen molar-refractivity contribution in [2.45, 2.75) is 56.4 Å². The van der Waals surface area contributed by atoms with Gasteiger partial charge >= 0.3 is 5.97 Å². The molecule has 52 heavy (non-hydrogen) atoms. The fraction of sp³-hybridized carbons (Fsp3) is 0.244. The van der Waals surface area contributed by atoms with Gasteiger partial charge in [0.1, 0.15) is 25.0 Å². The van der Waals surface area contributed by atoms with Crippen LogP contribution in [-0.2, 0) is 32.6 Å². The number of hydrogen-bond donors (Lipinski definition) is 0. The molecule has 3 atom stereocenters. The molecule has 11 heteroatoms. The minimum absolute atomic E-state index is 0.0465. The average molecular weight is 761 g/mol. The van der Waals surface area contributed by atoms with E-state index in [-0.39, 0.29) is 24.0 Å². The Kier molecular flexibility index (Phi) is 11.8. The highest BCUT2D eigenvalue weighted by Gasteiger charge is 2.42. The van der Waals surface area contributed by atoms with Crippen LogP contribution in [0.15, 0.2) is 120 Å². The van der Waals surface area contributed by atoms with Crippen LogP contribution in [0.3, 0.4) is 0 Å². The monoisotopic (exact) mass is 759 g/mol. The molecule has 5 aromatic carbocycles. The van der Waals surface area contributed by atoms with Gasteiger partial charge in [-0.1, -0.05) is 102 Å². The Hall–Kier alpha value is -4.54.